The van der Waals surface area contributed by atoms with E-state index in [2.05, 4.69) is 10.3 Å². The Labute approximate surface area is 181 Å². The number of hydrogen-bond acceptors (Lipinski definition) is 5. The van der Waals surface area contributed by atoms with E-state index >= 15 is 0 Å². The third kappa shape index (κ3) is 4.98. The van der Waals surface area contributed by atoms with Crippen LogP contribution in [0, 0.1) is 0 Å². The van der Waals surface area contributed by atoms with Crippen molar-refractivity contribution < 1.29 is 9.21 Å². The molecule has 2 aromatic heterocycles. The van der Waals surface area contributed by atoms with Crippen molar-refractivity contribution in [1.29, 1.82) is 0 Å². The summed E-state index contributed by atoms with van der Waals surface area (Å²) in [5.74, 6) is 1.97. The van der Waals surface area contributed by atoms with Gasteiger partial charge in [-0.15, -0.1) is 0 Å². The first-order valence-electron chi connectivity index (χ1n) is 10.1. The highest BCUT2D eigenvalue weighted by Gasteiger charge is 2.17. The van der Waals surface area contributed by atoms with Crippen LogP contribution < -0.4 is 10.2 Å². The molecule has 2 aromatic carbocycles. The minimum atomic E-state index is -0.111. The van der Waals surface area contributed by atoms with Gasteiger partial charge in [-0.05, 0) is 12.1 Å². The first-order valence-corrected chi connectivity index (χ1v) is 10.1. The van der Waals surface area contributed by atoms with Crippen LogP contribution in [-0.4, -0.2) is 30.0 Å². The van der Waals surface area contributed by atoms with Gasteiger partial charge in [-0.3, -0.25) is 4.79 Å². The van der Waals surface area contributed by atoms with Crippen LogP contribution in [0.5, 0.6) is 0 Å². The van der Waals surface area contributed by atoms with Gasteiger partial charge in [0.25, 0.3) is 0 Å². The van der Waals surface area contributed by atoms with E-state index in [4.69, 9.17) is 9.40 Å². The van der Waals surface area contributed by atoms with Crippen molar-refractivity contribution in [2.24, 2.45) is 0 Å². The van der Waals surface area contributed by atoms with Gasteiger partial charge < -0.3 is 14.6 Å². The normalized spacial score (nSPS) is 10.6. The summed E-state index contributed by atoms with van der Waals surface area (Å²) in [6, 6.07) is 23.5. The number of aromatic nitrogens is 2. The molecule has 6 nitrogen and oxygen atoms in total. The van der Waals surface area contributed by atoms with E-state index in [1.54, 1.807) is 6.20 Å². The Hall–Kier alpha value is -3.93. The first-order chi connectivity index (χ1) is 15.1. The van der Waals surface area contributed by atoms with E-state index in [0.29, 0.717) is 23.8 Å². The molecule has 1 N–H and O–H groups in total. The van der Waals surface area contributed by atoms with Crippen molar-refractivity contribution in [3.63, 3.8) is 0 Å². The average molecular weight is 412 g/mol. The number of anilines is 2. The molecule has 4 aromatic rings. The van der Waals surface area contributed by atoms with Crippen LogP contribution in [0.2, 0.25) is 0 Å². The predicted octanol–water partition coefficient (Wildman–Crippen LogP) is 5.04. The maximum atomic E-state index is 12.4. The summed E-state index contributed by atoms with van der Waals surface area (Å²) in [5, 5.41) is 2.87. The number of rotatable bonds is 7. The van der Waals surface area contributed by atoms with Crippen LogP contribution in [0.3, 0.4) is 0 Å². The second-order valence-corrected chi connectivity index (χ2v) is 7.37. The number of carbonyl (C=O) groups is 1. The van der Waals surface area contributed by atoms with Gasteiger partial charge >= 0.3 is 0 Å². The minimum absolute atomic E-state index is 0.111. The Morgan fingerprint density at radius 3 is 2.23 bits per heavy atom. The molecule has 1 amide bonds. The lowest BCUT2D eigenvalue weighted by Gasteiger charge is -2.11. The van der Waals surface area contributed by atoms with Gasteiger partial charge in [-0.25, -0.2) is 9.97 Å². The lowest BCUT2D eigenvalue weighted by molar-refractivity contribution is -0.116. The zero-order chi connectivity index (χ0) is 21.6. The van der Waals surface area contributed by atoms with E-state index in [0.717, 1.165) is 22.6 Å². The summed E-state index contributed by atoms with van der Waals surface area (Å²) in [6.45, 7) is 0. The number of nitrogens with one attached hydrogen (secondary N) is 1. The van der Waals surface area contributed by atoms with Crippen molar-refractivity contribution in [3.8, 4) is 22.6 Å². The number of aryl methyl sites for hydroxylation is 1. The molecule has 2 heterocycles. The Bertz CT molecular complexity index is 1080. The number of amides is 1. The molecule has 0 atom stereocenters. The minimum Gasteiger partial charge on any atom is -0.440 e. The highest BCUT2D eigenvalue weighted by atomic mass is 16.4. The van der Waals surface area contributed by atoms with E-state index in [-0.39, 0.29) is 12.3 Å². The summed E-state index contributed by atoms with van der Waals surface area (Å²) in [7, 11) is 3.84. The van der Waals surface area contributed by atoms with E-state index in [1.165, 1.54) is 0 Å². The number of pyridine rings is 1. The number of oxazole rings is 1. The van der Waals surface area contributed by atoms with Crippen molar-refractivity contribution >= 4 is 17.4 Å². The summed E-state index contributed by atoms with van der Waals surface area (Å²) >= 11 is 0. The highest BCUT2D eigenvalue weighted by Crippen LogP contribution is 2.32. The van der Waals surface area contributed by atoms with E-state index < -0.39 is 0 Å². The van der Waals surface area contributed by atoms with Gasteiger partial charge in [0.1, 0.15) is 11.5 Å². The Morgan fingerprint density at radius 2 is 1.61 bits per heavy atom. The molecule has 0 aliphatic carbocycles. The van der Waals surface area contributed by atoms with Gasteiger partial charge in [-0.2, -0.15) is 0 Å². The topological polar surface area (TPSA) is 71.3 Å². The Morgan fingerprint density at radius 1 is 0.935 bits per heavy atom. The smallest absolute Gasteiger partial charge is 0.224 e. The molecular weight excluding hydrogens is 388 g/mol. The molecule has 0 radical (unpaired) electrons. The van der Waals surface area contributed by atoms with Crippen LogP contribution in [-0.2, 0) is 11.2 Å². The molecule has 4 rings (SSSR count). The SMILES string of the molecule is CN(C)c1ccc(NC(=O)CCc2nc(-c3ccccc3)c(-c3ccccc3)o2)cn1. The standard InChI is InChI=1S/C25H24N4O2/c1-29(2)21-14-13-20(17-26-21)27-22(30)15-16-23-28-24(18-9-5-3-6-10-18)25(31-23)19-11-7-4-8-12-19/h3-14,17H,15-16H2,1-2H3,(H,27,30). The zero-order valence-corrected chi connectivity index (χ0v) is 17.6. The van der Waals surface area contributed by atoms with Gasteiger partial charge in [0.15, 0.2) is 11.7 Å². The van der Waals surface area contributed by atoms with Gasteiger partial charge in [0.2, 0.25) is 5.91 Å². The maximum absolute atomic E-state index is 12.4. The first kappa shape index (κ1) is 20.3. The van der Waals surface area contributed by atoms with Crippen molar-refractivity contribution in [1.82, 2.24) is 9.97 Å². The average Bonchev–Trinajstić information content (AvgIpc) is 3.24. The third-order valence-electron chi connectivity index (χ3n) is 4.81. The quantitative estimate of drug-likeness (QED) is 0.460. The fourth-order valence-corrected chi connectivity index (χ4v) is 3.22. The molecule has 6 heteroatoms. The fraction of sp³-hybridized carbons (Fsp3) is 0.160. The summed E-state index contributed by atoms with van der Waals surface area (Å²) in [4.78, 5) is 23.3. The maximum Gasteiger partial charge on any atom is 0.224 e. The third-order valence-corrected chi connectivity index (χ3v) is 4.81. The zero-order valence-electron chi connectivity index (χ0n) is 17.6. The largest absolute Gasteiger partial charge is 0.440 e. The molecular formula is C25H24N4O2. The molecule has 0 spiro atoms. The van der Waals surface area contributed by atoms with Gasteiger partial charge in [0.05, 0.1) is 11.9 Å². The number of hydrogen-bond donors (Lipinski definition) is 1. The fourth-order valence-electron chi connectivity index (χ4n) is 3.22. The van der Waals surface area contributed by atoms with Crippen molar-refractivity contribution in [2.75, 3.05) is 24.3 Å². The van der Waals surface area contributed by atoms with Crippen molar-refractivity contribution in [3.05, 3.63) is 84.9 Å². The van der Waals surface area contributed by atoms with Crippen LogP contribution in [0.4, 0.5) is 11.5 Å². The molecule has 0 aliphatic rings. The Kier molecular flexibility index (Phi) is 6.08. The lowest BCUT2D eigenvalue weighted by atomic mass is 10.1. The molecule has 0 bridgehead atoms. The second kappa shape index (κ2) is 9.26. The number of benzene rings is 2. The van der Waals surface area contributed by atoms with E-state index in [9.17, 15) is 4.79 Å². The second-order valence-electron chi connectivity index (χ2n) is 7.37. The van der Waals surface area contributed by atoms with E-state index in [1.807, 2.05) is 91.8 Å². The summed E-state index contributed by atoms with van der Waals surface area (Å²) in [6.07, 6.45) is 2.32. The highest BCUT2D eigenvalue weighted by molar-refractivity contribution is 5.90. The molecule has 156 valence electrons. The van der Waals surface area contributed by atoms with Crippen molar-refractivity contribution in [2.45, 2.75) is 12.8 Å². The Balaban J connectivity index is 1.48. The molecule has 31 heavy (non-hydrogen) atoms. The molecule has 0 unspecified atom stereocenters. The monoisotopic (exact) mass is 412 g/mol. The molecule has 0 aliphatic heterocycles. The molecule has 0 fully saturated rings. The van der Waals surface area contributed by atoms with Gasteiger partial charge in [0, 0.05) is 38.1 Å². The summed E-state index contributed by atoms with van der Waals surface area (Å²) in [5.41, 5.74) is 3.38. The van der Waals surface area contributed by atoms with Crippen LogP contribution in [0.1, 0.15) is 12.3 Å². The number of nitrogens with zero attached hydrogens (tertiary/aromatic N) is 3. The van der Waals surface area contributed by atoms with Crippen LogP contribution in [0.25, 0.3) is 22.6 Å². The molecule has 0 saturated heterocycles. The van der Waals surface area contributed by atoms with Gasteiger partial charge in [-0.1, -0.05) is 60.7 Å². The summed E-state index contributed by atoms with van der Waals surface area (Å²) < 4.78 is 6.09. The van der Waals surface area contributed by atoms with Crippen LogP contribution >= 0.6 is 0 Å². The van der Waals surface area contributed by atoms with Crippen LogP contribution in [0.15, 0.2) is 83.4 Å². The predicted molar refractivity (Wildman–Crippen MR) is 123 cm³/mol. The number of carbonyl (C=O) groups excluding carboxylic acids is 1. The lowest BCUT2D eigenvalue weighted by Crippen LogP contribution is -2.14. The molecule has 0 saturated carbocycles.